The lowest BCUT2D eigenvalue weighted by molar-refractivity contribution is 0.0474. The summed E-state index contributed by atoms with van der Waals surface area (Å²) < 4.78 is 26.8. The molecule has 9 heteroatoms. The Labute approximate surface area is 191 Å². The van der Waals surface area contributed by atoms with Gasteiger partial charge in [-0.3, -0.25) is 4.79 Å². The van der Waals surface area contributed by atoms with E-state index in [1.165, 1.54) is 18.3 Å². The van der Waals surface area contributed by atoms with E-state index in [-0.39, 0.29) is 29.5 Å². The second kappa shape index (κ2) is 8.78. The Balaban J connectivity index is 1.76. The Kier molecular flexibility index (Phi) is 6.03. The summed E-state index contributed by atoms with van der Waals surface area (Å²) in [6.45, 7) is -0.345. The van der Waals surface area contributed by atoms with E-state index in [1.807, 2.05) is 0 Å². The molecule has 1 heterocycles. The number of fused-ring (bicyclic) bond motifs is 1. The number of carbonyl (C=O) groups is 1. The molecule has 0 radical (unpaired) electrons. The normalized spacial score (nSPS) is 13.5. The highest BCUT2D eigenvalue weighted by molar-refractivity contribution is 7.90. The molecular formula is C24H23N3O5S. The van der Waals surface area contributed by atoms with Crippen LogP contribution < -0.4 is 5.32 Å². The van der Waals surface area contributed by atoms with Crippen molar-refractivity contribution in [3.63, 3.8) is 0 Å². The number of aliphatic hydroxyl groups excluding tert-OH is 1. The Morgan fingerprint density at radius 1 is 1.06 bits per heavy atom. The number of hydrogen-bond acceptors (Lipinski definition) is 6. The smallest absolute Gasteiger partial charge is 0.268 e. The molecule has 1 aromatic heterocycles. The SMILES string of the molecule is CNC(=O)c1ccc2cc([C@@](O)(CCO)c3cn(S(=O)(=O)c4ccccc4)cn3)ccc2c1. The van der Waals surface area contributed by atoms with E-state index < -0.39 is 15.6 Å². The summed E-state index contributed by atoms with van der Waals surface area (Å²) in [6, 6.07) is 18.3. The first kappa shape index (κ1) is 22.7. The van der Waals surface area contributed by atoms with Gasteiger partial charge in [0, 0.05) is 31.8 Å². The summed E-state index contributed by atoms with van der Waals surface area (Å²) >= 11 is 0. The number of carbonyl (C=O) groups excluding carboxylic acids is 1. The number of aliphatic hydroxyl groups is 2. The number of benzene rings is 3. The van der Waals surface area contributed by atoms with Crippen LogP contribution in [0.2, 0.25) is 0 Å². The molecule has 3 N–H and O–H groups in total. The van der Waals surface area contributed by atoms with Crippen LogP contribution in [-0.2, 0) is 15.6 Å². The maximum atomic E-state index is 12.9. The molecule has 4 rings (SSSR count). The van der Waals surface area contributed by atoms with Crippen molar-refractivity contribution in [2.75, 3.05) is 13.7 Å². The average Bonchev–Trinajstić information content (AvgIpc) is 3.35. The second-order valence-electron chi connectivity index (χ2n) is 7.60. The summed E-state index contributed by atoms with van der Waals surface area (Å²) in [4.78, 5) is 16.2. The number of rotatable bonds is 7. The minimum atomic E-state index is -3.88. The van der Waals surface area contributed by atoms with Gasteiger partial charge in [-0.05, 0) is 46.7 Å². The van der Waals surface area contributed by atoms with E-state index in [9.17, 15) is 23.4 Å². The van der Waals surface area contributed by atoms with Crippen molar-refractivity contribution in [1.29, 1.82) is 0 Å². The summed E-state index contributed by atoms with van der Waals surface area (Å²) in [5.41, 5.74) is -0.676. The van der Waals surface area contributed by atoms with Crippen LogP contribution in [0.15, 0.2) is 84.1 Å². The van der Waals surface area contributed by atoms with Crippen LogP contribution in [-0.4, -0.2) is 47.1 Å². The molecule has 33 heavy (non-hydrogen) atoms. The van der Waals surface area contributed by atoms with Gasteiger partial charge in [0.2, 0.25) is 0 Å². The maximum absolute atomic E-state index is 12.9. The molecule has 1 atom stereocenters. The number of nitrogens with zero attached hydrogens (tertiary/aromatic N) is 2. The molecule has 0 unspecified atom stereocenters. The molecule has 8 nitrogen and oxygen atoms in total. The fraction of sp³-hybridized carbons (Fsp3) is 0.167. The van der Waals surface area contributed by atoms with Crippen LogP contribution in [0, 0.1) is 0 Å². The third-order valence-corrected chi connectivity index (χ3v) is 7.21. The van der Waals surface area contributed by atoms with E-state index >= 15 is 0 Å². The topological polar surface area (TPSA) is 122 Å². The molecule has 0 spiro atoms. The average molecular weight is 466 g/mol. The van der Waals surface area contributed by atoms with Gasteiger partial charge in [-0.25, -0.2) is 17.4 Å². The Bertz CT molecular complexity index is 1420. The third kappa shape index (κ3) is 4.13. The number of nitrogens with one attached hydrogen (secondary N) is 1. The van der Waals surface area contributed by atoms with Crippen LogP contribution >= 0.6 is 0 Å². The Hall–Kier alpha value is -3.53. The van der Waals surface area contributed by atoms with Crippen LogP contribution in [0.4, 0.5) is 0 Å². The van der Waals surface area contributed by atoms with Gasteiger partial charge in [-0.1, -0.05) is 36.4 Å². The first-order valence-corrected chi connectivity index (χ1v) is 11.7. The van der Waals surface area contributed by atoms with Crippen molar-refractivity contribution in [1.82, 2.24) is 14.3 Å². The highest BCUT2D eigenvalue weighted by Gasteiger charge is 2.35. The van der Waals surface area contributed by atoms with Crippen molar-refractivity contribution in [2.24, 2.45) is 0 Å². The molecule has 3 aromatic carbocycles. The summed E-state index contributed by atoms with van der Waals surface area (Å²) in [7, 11) is -2.33. The summed E-state index contributed by atoms with van der Waals surface area (Å²) in [5, 5.41) is 25.3. The molecule has 0 saturated heterocycles. The van der Waals surface area contributed by atoms with Crippen molar-refractivity contribution in [3.05, 3.63) is 96.1 Å². The van der Waals surface area contributed by atoms with Gasteiger partial charge < -0.3 is 15.5 Å². The molecule has 4 aromatic rings. The minimum absolute atomic E-state index is 0.0861. The predicted octanol–water partition coefficient (Wildman–Crippen LogP) is 2.25. The molecule has 0 aliphatic heterocycles. The highest BCUT2D eigenvalue weighted by atomic mass is 32.2. The second-order valence-corrected chi connectivity index (χ2v) is 9.44. The van der Waals surface area contributed by atoms with Gasteiger partial charge in [0.25, 0.3) is 15.9 Å². The molecule has 170 valence electrons. The van der Waals surface area contributed by atoms with Crippen LogP contribution in [0.25, 0.3) is 10.8 Å². The molecule has 0 bridgehead atoms. The van der Waals surface area contributed by atoms with Gasteiger partial charge in [0.1, 0.15) is 11.9 Å². The summed E-state index contributed by atoms with van der Waals surface area (Å²) in [6.07, 6.45) is 2.31. The number of amides is 1. The lowest BCUT2D eigenvalue weighted by Crippen LogP contribution is -2.29. The zero-order valence-corrected chi connectivity index (χ0v) is 18.7. The maximum Gasteiger partial charge on any atom is 0.268 e. The van der Waals surface area contributed by atoms with Crippen molar-refractivity contribution < 1.29 is 23.4 Å². The van der Waals surface area contributed by atoms with Crippen molar-refractivity contribution in [3.8, 4) is 0 Å². The lowest BCUT2D eigenvalue weighted by atomic mass is 9.86. The lowest BCUT2D eigenvalue weighted by Gasteiger charge is -2.26. The molecule has 0 fully saturated rings. The largest absolute Gasteiger partial charge is 0.396 e. The van der Waals surface area contributed by atoms with E-state index in [1.54, 1.807) is 61.6 Å². The molecular weight excluding hydrogens is 442 g/mol. The third-order valence-electron chi connectivity index (χ3n) is 5.58. The zero-order valence-electron chi connectivity index (χ0n) is 17.8. The zero-order chi connectivity index (χ0) is 23.6. The summed E-state index contributed by atoms with van der Waals surface area (Å²) in [5.74, 6) is -0.206. The van der Waals surface area contributed by atoms with Crippen molar-refractivity contribution in [2.45, 2.75) is 16.9 Å². The van der Waals surface area contributed by atoms with Crippen LogP contribution in [0.1, 0.15) is 28.0 Å². The molecule has 1 amide bonds. The van der Waals surface area contributed by atoms with Crippen LogP contribution in [0.3, 0.4) is 0 Å². The number of imidazole rings is 1. The van der Waals surface area contributed by atoms with Crippen LogP contribution in [0.5, 0.6) is 0 Å². The minimum Gasteiger partial charge on any atom is -0.396 e. The van der Waals surface area contributed by atoms with E-state index in [4.69, 9.17) is 0 Å². The Morgan fingerprint density at radius 3 is 2.45 bits per heavy atom. The molecule has 0 saturated carbocycles. The quantitative estimate of drug-likeness (QED) is 0.385. The standard InChI is InChI=1S/C24H23N3O5S/c1-25-23(29)19-8-7-18-14-20(10-9-17(18)13-19)24(30,11-12-28)22-15-27(16-26-22)33(31,32)21-5-3-2-4-6-21/h2-10,13-16,28,30H,11-12H2,1H3,(H,25,29)/t24-/m0/s1. The van der Waals surface area contributed by atoms with E-state index in [0.717, 1.165) is 21.1 Å². The predicted molar refractivity (Wildman–Crippen MR) is 123 cm³/mol. The fourth-order valence-electron chi connectivity index (χ4n) is 3.74. The Morgan fingerprint density at radius 2 is 1.76 bits per heavy atom. The first-order chi connectivity index (χ1) is 15.8. The van der Waals surface area contributed by atoms with E-state index in [0.29, 0.717) is 11.1 Å². The van der Waals surface area contributed by atoms with Crippen molar-refractivity contribution >= 4 is 26.7 Å². The monoisotopic (exact) mass is 465 g/mol. The first-order valence-electron chi connectivity index (χ1n) is 10.2. The molecule has 0 aliphatic carbocycles. The van der Waals surface area contributed by atoms with Gasteiger partial charge in [-0.2, -0.15) is 0 Å². The van der Waals surface area contributed by atoms with E-state index in [2.05, 4.69) is 10.3 Å². The fourth-order valence-corrected chi connectivity index (χ4v) is 4.89. The molecule has 0 aliphatic rings. The number of aromatic nitrogens is 2. The van der Waals surface area contributed by atoms with Gasteiger partial charge >= 0.3 is 0 Å². The van der Waals surface area contributed by atoms with Gasteiger partial charge in [-0.15, -0.1) is 0 Å². The van der Waals surface area contributed by atoms with Gasteiger partial charge in [0.15, 0.2) is 0 Å². The highest BCUT2D eigenvalue weighted by Crippen LogP contribution is 2.34. The van der Waals surface area contributed by atoms with Gasteiger partial charge in [0.05, 0.1) is 10.6 Å². The number of hydrogen-bond donors (Lipinski definition) is 3.